The normalized spacial score (nSPS) is 10.6. The summed E-state index contributed by atoms with van der Waals surface area (Å²) >= 11 is 0. The fourth-order valence-corrected chi connectivity index (χ4v) is 3.14. The van der Waals surface area contributed by atoms with E-state index in [2.05, 4.69) is 20.6 Å². The third-order valence-electron chi connectivity index (χ3n) is 4.81. The molecule has 0 radical (unpaired) electrons. The molecule has 9 nitrogen and oxygen atoms in total. The maximum Gasteiger partial charge on any atom is 0.259 e. The molecule has 3 rings (SSSR count). The van der Waals surface area contributed by atoms with Crippen molar-refractivity contribution >= 4 is 17.5 Å². The fourth-order valence-electron chi connectivity index (χ4n) is 3.14. The number of nitrogens with one attached hydrogen (secondary N) is 1. The maximum absolute atomic E-state index is 12.8. The molecule has 0 atom stereocenters. The zero-order chi connectivity index (χ0) is 22.4. The highest BCUT2D eigenvalue weighted by atomic mass is 16.5. The first-order valence-corrected chi connectivity index (χ1v) is 10.2. The average Bonchev–Trinajstić information content (AvgIpc) is 3.17. The first-order chi connectivity index (χ1) is 15.0. The quantitative estimate of drug-likeness (QED) is 0.598. The van der Waals surface area contributed by atoms with Crippen molar-refractivity contribution in [2.75, 3.05) is 25.0 Å². The second kappa shape index (κ2) is 9.84. The van der Waals surface area contributed by atoms with Crippen LogP contribution in [0.1, 0.15) is 47.2 Å². The van der Waals surface area contributed by atoms with Gasteiger partial charge in [0.2, 0.25) is 5.88 Å². The number of carbonyl (C=O) groups excluding carboxylic acids is 2. The minimum atomic E-state index is -0.324. The number of hydrogen-bond donors (Lipinski definition) is 1. The molecular formula is C22H26N6O3. The number of nitrogens with zero attached hydrogens (tertiary/aromatic N) is 5. The van der Waals surface area contributed by atoms with Crippen molar-refractivity contribution in [3.63, 3.8) is 0 Å². The predicted molar refractivity (Wildman–Crippen MR) is 117 cm³/mol. The number of amides is 2. The number of anilines is 1. The number of ether oxygens (including phenoxy) is 1. The van der Waals surface area contributed by atoms with E-state index in [4.69, 9.17) is 4.74 Å². The van der Waals surface area contributed by atoms with Gasteiger partial charge in [-0.3, -0.25) is 9.59 Å². The van der Waals surface area contributed by atoms with Gasteiger partial charge in [-0.15, -0.1) is 10.2 Å². The summed E-state index contributed by atoms with van der Waals surface area (Å²) in [6.07, 6.45) is 1.48. The van der Waals surface area contributed by atoms with E-state index in [1.54, 1.807) is 48.2 Å². The van der Waals surface area contributed by atoms with Crippen molar-refractivity contribution in [1.29, 1.82) is 0 Å². The zero-order valence-corrected chi connectivity index (χ0v) is 18.1. The number of aromatic nitrogens is 4. The Labute approximate surface area is 181 Å². The number of rotatable bonds is 8. The maximum atomic E-state index is 12.8. The second-order valence-electron chi connectivity index (χ2n) is 6.73. The van der Waals surface area contributed by atoms with Crippen molar-refractivity contribution in [3.05, 3.63) is 59.4 Å². The molecule has 1 N–H and O–H groups in total. The molecule has 31 heavy (non-hydrogen) atoms. The molecule has 1 aromatic carbocycles. The highest BCUT2D eigenvalue weighted by molar-refractivity contribution is 6.05. The van der Waals surface area contributed by atoms with Crippen molar-refractivity contribution < 1.29 is 14.3 Å². The molecule has 0 aliphatic rings. The summed E-state index contributed by atoms with van der Waals surface area (Å²) in [5.41, 5.74) is 2.08. The van der Waals surface area contributed by atoms with Gasteiger partial charge in [0.05, 0.1) is 24.1 Å². The molecule has 0 saturated heterocycles. The van der Waals surface area contributed by atoms with Gasteiger partial charge in [-0.1, -0.05) is 6.07 Å². The molecule has 2 heterocycles. The van der Waals surface area contributed by atoms with Crippen LogP contribution in [0.4, 0.5) is 5.69 Å². The first kappa shape index (κ1) is 21.9. The monoisotopic (exact) mass is 422 g/mol. The van der Waals surface area contributed by atoms with Crippen LogP contribution in [0.2, 0.25) is 0 Å². The van der Waals surface area contributed by atoms with Gasteiger partial charge in [0.25, 0.3) is 11.8 Å². The van der Waals surface area contributed by atoms with Crippen molar-refractivity contribution in [2.24, 2.45) is 0 Å². The summed E-state index contributed by atoms with van der Waals surface area (Å²) in [5, 5.41) is 15.2. The van der Waals surface area contributed by atoms with Crippen LogP contribution >= 0.6 is 0 Å². The fraction of sp³-hybridized carbons (Fsp3) is 0.318. The van der Waals surface area contributed by atoms with Crippen molar-refractivity contribution in [3.8, 4) is 11.7 Å². The van der Waals surface area contributed by atoms with Crippen LogP contribution in [0.5, 0.6) is 5.88 Å². The van der Waals surface area contributed by atoms with E-state index < -0.39 is 0 Å². The van der Waals surface area contributed by atoms with E-state index in [1.165, 1.54) is 10.9 Å². The molecule has 0 fully saturated rings. The van der Waals surface area contributed by atoms with Crippen LogP contribution in [0.3, 0.4) is 0 Å². The molecule has 0 spiro atoms. The Hall–Kier alpha value is -3.75. The summed E-state index contributed by atoms with van der Waals surface area (Å²) in [5.74, 6) is 0.509. The molecule has 9 heteroatoms. The second-order valence-corrected chi connectivity index (χ2v) is 6.73. The topological polar surface area (TPSA) is 102 Å². The average molecular weight is 422 g/mol. The SMILES string of the molecule is CCOc1ccc(-n2ncc(C(=O)Nc3cccc(C(=O)N(CC)CC)c3)c2C)nn1. The Morgan fingerprint density at radius 3 is 2.52 bits per heavy atom. The van der Waals surface area contributed by atoms with E-state index in [9.17, 15) is 9.59 Å². The summed E-state index contributed by atoms with van der Waals surface area (Å²) in [6.45, 7) is 9.26. The Bertz CT molecular complexity index is 1060. The van der Waals surface area contributed by atoms with E-state index in [1.807, 2.05) is 20.8 Å². The largest absolute Gasteiger partial charge is 0.477 e. The summed E-state index contributed by atoms with van der Waals surface area (Å²) in [4.78, 5) is 27.1. The lowest BCUT2D eigenvalue weighted by Crippen LogP contribution is -2.30. The van der Waals surface area contributed by atoms with Gasteiger partial charge in [-0.2, -0.15) is 5.10 Å². The lowest BCUT2D eigenvalue weighted by Gasteiger charge is -2.19. The van der Waals surface area contributed by atoms with E-state index in [-0.39, 0.29) is 11.8 Å². The third-order valence-corrected chi connectivity index (χ3v) is 4.81. The predicted octanol–water partition coefficient (Wildman–Crippen LogP) is 3.10. The highest BCUT2D eigenvalue weighted by Crippen LogP contribution is 2.17. The van der Waals surface area contributed by atoms with Crippen LogP contribution < -0.4 is 10.1 Å². The van der Waals surface area contributed by atoms with Gasteiger partial charge in [0.15, 0.2) is 5.82 Å². The Morgan fingerprint density at radius 2 is 1.87 bits per heavy atom. The van der Waals surface area contributed by atoms with Gasteiger partial charge in [0, 0.05) is 30.4 Å². The van der Waals surface area contributed by atoms with Gasteiger partial charge in [-0.05, 0) is 52.0 Å². The summed E-state index contributed by atoms with van der Waals surface area (Å²) in [6, 6.07) is 10.3. The van der Waals surface area contributed by atoms with E-state index in [0.717, 1.165) is 0 Å². The highest BCUT2D eigenvalue weighted by Gasteiger charge is 2.18. The number of carbonyl (C=O) groups is 2. The van der Waals surface area contributed by atoms with E-state index >= 15 is 0 Å². The van der Waals surface area contributed by atoms with E-state index in [0.29, 0.717) is 53.9 Å². The summed E-state index contributed by atoms with van der Waals surface area (Å²) < 4.78 is 6.84. The van der Waals surface area contributed by atoms with Gasteiger partial charge >= 0.3 is 0 Å². The Balaban J connectivity index is 1.77. The molecule has 2 aromatic heterocycles. The molecule has 0 aliphatic heterocycles. The lowest BCUT2D eigenvalue weighted by atomic mass is 10.1. The Morgan fingerprint density at radius 1 is 1.10 bits per heavy atom. The van der Waals surface area contributed by atoms with Crippen LogP contribution in [-0.2, 0) is 0 Å². The van der Waals surface area contributed by atoms with Crippen molar-refractivity contribution in [2.45, 2.75) is 27.7 Å². The summed E-state index contributed by atoms with van der Waals surface area (Å²) in [7, 11) is 0. The standard InChI is InChI=1S/C22H26N6O3/c1-5-27(6-2)22(30)16-9-8-10-17(13-16)24-21(29)18-14-23-28(15(18)4)19-11-12-20(26-25-19)31-7-3/h8-14H,5-7H2,1-4H3,(H,24,29). The molecule has 2 amide bonds. The van der Waals surface area contributed by atoms with Crippen LogP contribution in [0, 0.1) is 6.92 Å². The van der Waals surface area contributed by atoms with Crippen LogP contribution in [0.25, 0.3) is 5.82 Å². The number of hydrogen-bond acceptors (Lipinski definition) is 6. The lowest BCUT2D eigenvalue weighted by molar-refractivity contribution is 0.0772. The van der Waals surface area contributed by atoms with Gasteiger partial charge in [0.1, 0.15) is 0 Å². The Kier molecular flexibility index (Phi) is 6.96. The third kappa shape index (κ3) is 4.88. The first-order valence-electron chi connectivity index (χ1n) is 10.2. The molecule has 0 aliphatic carbocycles. The molecule has 0 unspecified atom stereocenters. The molecule has 0 bridgehead atoms. The van der Waals surface area contributed by atoms with Crippen molar-refractivity contribution in [1.82, 2.24) is 24.9 Å². The van der Waals surface area contributed by atoms with Crippen LogP contribution in [-0.4, -0.2) is 56.4 Å². The van der Waals surface area contributed by atoms with Gasteiger partial charge < -0.3 is 15.0 Å². The molecular weight excluding hydrogens is 396 g/mol. The zero-order valence-electron chi connectivity index (χ0n) is 18.1. The van der Waals surface area contributed by atoms with Crippen LogP contribution in [0.15, 0.2) is 42.6 Å². The number of benzene rings is 1. The van der Waals surface area contributed by atoms with Gasteiger partial charge in [-0.25, -0.2) is 4.68 Å². The molecule has 3 aromatic rings. The minimum absolute atomic E-state index is 0.0702. The molecule has 162 valence electrons. The minimum Gasteiger partial charge on any atom is -0.477 e. The molecule has 0 saturated carbocycles. The smallest absolute Gasteiger partial charge is 0.259 e.